The summed E-state index contributed by atoms with van der Waals surface area (Å²) in [6.45, 7) is 1.28. The van der Waals surface area contributed by atoms with Gasteiger partial charge in [0.2, 0.25) is 0 Å². The van der Waals surface area contributed by atoms with Gasteiger partial charge in [-0.3, -0.25) is 0 Å². The van der Waals surface area contributed by atoms with E-state index < -0.39 is 0 Å². The van der Waals surface area contributed by atoms with Crippen LogP contribution in [0, 0.1) is 0 Å². The van der Waals surface area contributed by atoms with Gasteiger partial charge in [0, 0.05) is 11.9 Å². The van der Waals surface area contributed by atoms with Crippen LogP contribution in [0.5, 0.6) is 11.5 Å². The molecule has 0 unspecified atom stereocenters. The minimum atomic E-state index is -0.0170. The molecule has 3 heterocycles. The molecule has 25 heavy (non-hydrogen) atoms. The fourth-order valence-electron chi connectivity index (χ4n) is 3.75. The molecule has 2 aliphatic rings. The third-order valence-electron chi connectivity index (χ3n) is 4.89. The lowest BCUT2D eigenvalue weighted by Gasteiger charge is -2.30. The number of nitrogens with zero attached hydrogens (tertiary/aromatic N) is 3. The molecule has 6 heteroatoms. The number of thiophene rings is 1. The lowest BCUT2D eigenvalue weighted by Crippen LogP contribution is -2.39. The first-order chi connectivity index (χ1) is 12.3. The lowest BCUT2D eigenvalue weighted by molar-refractivity contribution is 0.0960. The van der Waals surface area contributed by atoms with Gasteiger partial charge < -0.3 is 14.4 Å². The van der Waals surface area contributed by atoms with Crippen molar-refractivity contribution in [3.63, 3.8) is 0 Å². The molecule has 1 aliphatic carbocycles. The number of hydrogen-bond donors (Lipinski definition) is 0. The van der Waals surface area contributed by atoms with Crippen LogP contribution in [-0.2, 0) is 12.8 Å². The molecular formula is C19H19N3O2S. The van der Waals surface area contributed by atoms with Gasteiger partial charge in [0.1, 0.15) is 23.6 Å². The van der Waals surface area contributed by atoms with Crippen molar-refractivity contribution in [2.24, 2.45) is 0 Å². The highest BCUT2D eigenvalue weighted by atomic mass is 32.1. The maximum absolute atomic E-state index is 6.10. The molecule has 0 fully saturated rings. The van der Waals surface area contributed by atoms with Crippen LogP contribution in [0.3, 0.4) is 0 Å². The molecule has 0 saturated carbocycles. The Kier molecular flexibility index (Phi) is 3.52. The van der Waals surface area contributed by atoms with E-state index in [4.69, 9.17) is 9.47 Å². The third kappa shape index (κ3) is 2.52. The highest BCUT2D eigenvalue weighted by Crippen LogP contribution is 2.40. The Morgan fingerprint density at radius 1 is 1.20 bits per heavy atom. The van der Waals surface area contributed by atoms with Gasteiger partial charge >= 0.3 is 0 Å². The minimum Gasteiger partial charge on any atom is -0.486 e. The molecule has 0 spiro atoms. The van der Waals surface area contributed by atoms with Crippen molar-refractivity contribution in [1.29, 1.82) is 0 Å². The van der Waals surface area contributed by atoms with Crippen LogP contribution in [0.1, 0.15) is 16.9 Å². The van der Waals surface area contributed by atoms with Gasteiger partial charge in [-0.1, -0.05) is 12.1 Å². The van der Waals surface area contributed by atoms with E-state index in [-0.39, 0.29) is 6.10 Å². The normalized spacial score (nSPS) is 18.4. The summed E-state index contributed by atoms with van der Waals surface area (Å²) in [7, 11) is 2.07. The predicted molar refractivity (Wildman–Crippen MR) is 99.1 cm³/mol. The quantitative estimate of drug-likeness (QED) is 0.722. The van der Waals surface area contributed by atoms with Crippen molar-refractivity contribution < 1.29 is 9.47 Å². The second kappa shape index (κ2) is 5.88. The zero-order chi connectivity index (χ0) is 16.8. The standard InChI is InChI=1S/C19H19N3O2S/c1-22(9-12-10-23-14-6-2-3-7-15(14)24-12)18-17-13-5-4-8-16(13)25-19(17)21-11-20-18/h2-3,6-7,11-12H,4-5,8-10H2,1H3/t12-/m0/s1. The van der Waals surface area contributed by atoms with Gasteiger partial charge in [-0.2, -0.15) is 0 Å². The molecule has 3 aromatic rings. The minimum absolute atomic E-state index is 0.0170. The van der Waals surface area contributed by atoms with Crippen molar-refractivity contribution in [1.82, 2.24) is 9.97 Å². The number of ether oxygens (including phenoxy) is 2. The van der Waals surface area contributed by atoms with Crippen molar-refractivity contribution in [3.05, 3.63) is 41.0 Å². The highest BCUT2D eigenvalue weighted by Gasteiger charge is 2.26. The van der Waals surface area contributed by atoms with Gasteiger partial charge in [0.15, 0.2) is 17.6 Å². The Labute approximate surface area is 150 Å². The smallest absolute Gasteiger partial charge is 0.161 e. The second-order valence-corrected chi connectivity index (χ2v) is 7.70. The largest absolute Gasteiger partial charge is 0.486 e. The number of aromatic nitrogens is 2. The molecule has 5 rings (SSSR count). The van der Waals surface area contributed by atoms with Crippen LogP contribution in [0.4, 0.5) is 5.82 Å². The van der Waals surface area contributed by atoms with E-state index in [0.717, 1.165) is 35.1 Å². The molecule has 1 atom stereocenters. The molecule has 0 radical (unpaired) electrons. The maximum atomic E-state index is 6.10. The first-order valence-corrected chi connectivity index (χ1v) is 9.46. The first kappa shape index (κ1) is 15.0. The number of aryl methyl sites for hydroxylation is 2. The Balaban J connectivity index is 1.42. The molecule has 0 N–H and O–H groups in total. The topological polar surface area (TPSA) is 47.5 Å². The summed E-state index contributed by atoms with van der Waals surface area (Å²) < 4.78 is 11.9. The van der Waals surface area contributed by atoms with Crippen LogP contribution < -0.4 is 14.4 Å². The fourth-order valence-corrected chi connectivity index (χ4v) is 4.97. The summed E-state index contributed by atoms with van der Waals surface area (Å²) in [5.74, 6) is 2.64. The number of likely N-dealkylation sites (N-methyl/N-ethyl adjacent to an activating group) is 1. The maximum Gasteiger partial charge on any atom is 0.161 e. The van der Waals surface area contributed by atoms with Crippen LogP contribution in [-0.4, -0.2) is 36.3 Å². The van der Waals surface area contributed by atoms with Gasteiger partial charge in [-0.15, -0.1) is 11.3 Å². The Hall–Kier alpha value is -2.34. The van der Waals surface area contributed by atoms with Crippen molar-refractivity contribution >= 4 is 27.4 Å². The van der Waals surface area contributed by atoms with Gasteiger partial charge in [-0.25, -0.2) is 9.97 Å². The lowest BCUT2D eigenvalue weighted by atomic mass is 10.2. The molecule has 2 aromatic heterocycles. The predicted octanol–water partition coefficient (Wildman–Crippen LogP) is 3.46. The number of anilines is 1. The van der Waals surface area contributed by atoms with E-state index in [1.54, 1.807) is 6.33 Å². The van der Waals surface area contributed by atoms with Crippen molar-refractivity contribution in [2.45, 2.75) is 25.4 Å². The Morgan fingerprint density at radius 2 is 2.08 bits per heavy atom. The van der Waals surface area contributed by atoms with E-state index >= 15 is 0 Å². The summed E-state index contributed by atoms with van der Waals surface area (Å²) >= 11 is 1.82. The SMILES string of the molecule is CN(C[C@H]1COc2ccccc2O1)c1ncnc2sc3c(c12)CCC3. The number of fused-ring (bicyclic) bond motifs is 4. The number of para-hydroxylation sites is 2. The van der Waals surface area contributed by atoms with Crippen molar-refractivity contribution in [3.8, 4) is 11.5 Å². The average Bonchev–Trinajstić information content (AvgIpc) is 3.22. The number of rotatable bonds is 3. The molecule has 0 saturated heterocycles. The zero-order valence-electron chi connectivity index (χ0n) is 14.1. The molecule has 0 amide bonds. The molecule has 0 bridgehead atoms. The fraction of sp³-hybridized carbons (Fsp3) is 0.368. The van der Waals surface area contributed by atoms with Crippen LogP contribution >= 0.6 is 11.3 Å². The molecule has 1 aliphatic heterocycles. The van der Waals surface area contributed by atoms with Crippen LogP contribution in [0.25, 0.3) is 10.2 Å². The third-order valence-corrected chi connectivity index (χ3v) is 6.09. The number of hydrogen-bond acceptors (Lipinski definition) is 6. The van der Waals surface area contributed by atoms with E-state index in [0.29, 0.717) is 6.61 Å². The van der Waals surface area contributed by atoms with E-state index in [1.165, 1.54) is 28.7 Å². The highest BCUT2D eigenvalue weighted by molar-refractivity contribution is 7.19. The molecule has 128 valence electrons. The monoisotopic (exact) mass is 353 g/mol. The van der Waals surface area contributed by atoms with E-state index in [1.807, 2.05) is 35.6 Å². The second-order valence-electron chi connectivity index (χ2n) is 6.61. The zero-order valence-corrected chi connectivity index (χ0v) is 14.9. The van der Waals surface area contributed by atoms with E-state index in [2.05, 4.69) is 21.9 Å². The molecule has 5 nitrogen and oxygen atoms in total. The summed E-state index contributed by atoms with van der Waals surface area (Å²) in [6.07, 6.45) is 5.21. The first-order valence-electron chi connectivity index (χ1n) is 8.64. The van der Waals surface area contributed by atoms with Gasteiger partial charge in [0.25, 0.3) is 0 Å². The summed E-state index contributed by atoms with van der Waals surface area (Å²) in [4.78, 5) is 13.8. The summed E-state index contributed by atoms with van der Waals surface area (Å²) in [6, 6.07) is 7.83. The molecule has 1 aromatic carbocycles. The van der Waals surface area contributed by atoms with Gasteiger partial charge in [-0.05, 0) is 37.0 Å². The average molecular weight is 353 g/mol. The number of benzene rings is 1. The van der Waals surface area contributed by atoms with Crippen molar-refractivity contribution in [2.75, 3.05) is 25.1 Å². The van der Waals surface area contributed by atoms with Gasteiger partial charge in [0.05, 0.1) is 11.9 Å². The Morgan fingerprint density at radius 3 is 3.00 bits per heavy atom. The summed E-state index contributed by atoms with van der Waals surface area (Å²) in [5, 5.41) is 1.24. The summed E-state index contributed by atoms with van der Waals surface area (Å²) in [5.41, 5.74) is 1.45. The van der Waals surface area contributed by atoms with E-state index in [9.17, 15) is 0 Å². The van der Waals surface area contributed by atoms with Crippen LogP contribution in [0.15, 0.2) is 30.6 Å². The molecular weight excluding hydrogens is 334 g/mol. The van der Waals surface area contributed by atoms with Crippen LogP contribution in [0.2, 0.25) is 0 Å². The Bertz CT molecular complexity index is 940.